The Balaban J connectivity index is 1.33. The Kier molecular flexibility index (Phi) is 3.87. The van der Waals surface area contributed by atoms with Gasteiger partial charge in [0, 0.05) is 18.9 Å². The topological polar surface area (TPSA) is 34.9 Å². The lowest BCUT2D eigenvalue weighted by Gasteiger charge is -2.60. The number of aromatic nitrogens is 2. The highest BCUT2D eigenvalue weighted by Crippen LogP contribution is 2.68. The number of hydrogen-bond acceptors (Lipinski definition) is 2. The van der Waals surface area contributed by atoms with Crippen LogP contribution < -0.4 is 0 Å². The van der Waals surface area contributed by atoms with Gasteiger partial charge in [-0.1, -0.05) is 26.0 Å². The lowest BCUT2D eigenvalue weighted by molar-refractivity contribution is -0.139. The summed E-state index contributed by atoms with van der Waals surface area (Å²) in [7, 11) is 0. The minimum absolute atomic E-state index is 0.387. The quantitative estimate of drug-likeness (QED) is 0.582. The summed E-state index contributed by atoms with van der Waals surface area (Å²) in [4.78, 5) is 16.8. The molecule has 6 rings (SSSR count). The zero-order valence-corrected chi connectivity index (χ0v) is 17.9. The number of hydrogen-bond donors (Lipinski definition) is 0. The predicted octanol–water partition coefficient (Wildman–Crippen LogP) is 6.19. The van der Waals surface area contributed by atoms with Crippen LogP contribution in [-0.4, -0.2) is 15.3 Å². The normalized spacial score (nSPS) is 44.3. The van der Waals surface area contributed by atoms with Crippen molar-refractivity contribution in [1.82, 2.24) is 9.55 Å². The zero-order chi connectivity index (χ0) is 19.8. The van der Waals surface area contributed by atoms with Crippen molar-refractivity contribution < 1.29 is 4.79 Å². The fourth-order valence-electron chi connectivity index (χ4n) is 8.70. The molecule has 154 valence electrons. The Bertz CT molecular complexity index is 963. The van der Waals surface area contributed by atoms with Gasteiger partial charge in [0.15, 0.2) is 0 Å². The second kappa shape index (κ2) is 6.18. The van der Waals surface area contributed by atoms with Crippen molar-refractivity contribution in [3.05, 3.63) is 30.6 Å². The zero-order valence-electron chi connectivity index (χ0n) is 17.9. The highest BCUT2D eigenvalue weighted by Gasteiger charge is 2.60. The van der Waals surface area contributed by atoms with Crippen LogP contribution in [0.25, 0.3) is 11.0 Å². The van der Waals surface area contributed by atoms with Crippen molar-refractivity contribution in [3.63, 3.8) is 0 Å². The number of carbonyl (C=O) groups is 1. The molecule has 0 aliphatic heterocycles. The first-order valence-electron chi connectivity index (χ1n) is 11.9. The monoisotopic (exact) mass is 390 g/mol. The summed E-state index contributed by atoms with van der Waals surface area (Å²) in [5.74, 6) is 3.72. The second-order valence-electron chi connectivity index (χ2n) is 11.2. The maximum Gasteiger partial charge on any atom is 0.133 e. The fraction of sp³-hybridized carbons (Fsp3) is 0.692. The number of imidazole rings is 1. The molecule has 4 saturated carbocycles. The minimum Gasteiger partial charge on any atom is -0.327 e. The summed E-state index contributed by atoms with van der Waals surface area (Å²) in [5, 5.41) is 0. The number of ketones is 1. The van der Waals surface area contributed by atoms with Crippen LogP contribution in [0.2, 0.25) is 0 Å². The van der Waals surface area contributed by atoms with Gasteiger partial charge >= 0.3 is 0 Å². The SMILES string of the molecule is C[C@]12CCC(=O)CC1CC[C@@H]1[C@H]2CC[C@]2(C)C(n3cnc4ccccc43)CC[C@@H]12. The second-order valence-corrected chi connectivity index (χ2v) is 11.2. The van der Waals surface area contributed by atoms with E-state index in [1.807, 2.05) is 0 Å². The Morgan fingerprint density at radius 1 is 0.966 bits per heavy atom. The average molecular weight is 391 g/mol. The molecule has 2 aromatic rings. The highest BCUT2D eigenvalue weighted by molar-refractivity contribution is 5.79. The molecular formula is C26H34N2O. The van der Waals surface area contributed by atoms with Crippen molar-refractivity contribution >= 4 is 16.8 Å². The Morgan fingerprint density at radius 3 is 2.69 bits per heavy atom. The van der Waals surface area contributed by atoms with Crippen LogP contribution >= 0.6 is 0 Å². The van der Waals surface area contributed by atoms with Crippen LogP contribution in [0, 0.1) is 34.5 Å². The van der Waals surface area contributed by atoms with E-state index in [1.54, 1.807) is 0 Å². The van der Waals surface area contributed by atoms with Crippen LogP contribution in [0.1, 0.15) is 77.7 Å². The lowest BCUT2D eigenvalue weighted by Crippen LogP contribution is -2.53. The van der Waals surface area contributed by atoms with Crippen molar-refractivity contribution in [2.45, 2.75) is 77.7 Å². The molecular weight excluding hydrogens is 356 g/mol. The standard InChI is InChI=1S/C26H34N2O/c1-25-13-11-18(29)15-17(25)7-8-19-20-9-10-24(26(20,2)14-12-21(19)25)28-16-27-22-5-3-4-6-23(22)28/h3-6,16-17,19-21,24H,7-15H2,1-2H3/t17?,19-,20-,21+,24?,25-,26-/m0/s1. The maximum atomic E-state index is 12.1. The molecule has 4 aliphatic carbocycles. The fourth-order valence-corrected chi connectivity index (χ4v) is 8.70. The number of carbonyl (C=O) groups excluding carboxylic acids is 1. The van der Waals surface area contributed by atoms with E-state index in [0.717, 1.165) is 42.5 Å². The first kappa shape index (κ1) is 18.2. The molecule has 3 heteroatoms. The molecule has 4 fully saturated rings. The average Bonchev–Trinajstić information content (AvgIpc) is 3.29. The summed E-state index contributed by atoms with van der Waals surface area (Å²) in [6.07, 6.45) is 13.0. The molecule has 7 atom stereocenters. The van der Waals surface area contributed by atoms with Crippen LogP contribution in [-0.2, 0) is 4.79 Å². The Morgan fingerprint density at radius 2 is 1.79 bits per heavy atom. The van der Waals surface area contributed by atoms with Gasteiger partial charge < -0.3 is 4.57 Å². The third-order valence-electron chi connectivity index (χ3n) is 10.2. The molecule has 3 nitrogen and oxygen atoms in total. The molecule has 2 unspecified atom stereocenters. The number of rotatable bonds is 1. The van der Waals surface area contributed by atoms with E-state index in [9.17, 15) is 4.79 Å². The van der Waals surface area contributed by atoms with Gasteiger partial charge in [-0.15, -0.1) is 0 Å². The molecule has 0 saturated heterocycles. The molecule has 1 heterocycles. The lowest BCUT2D eigenvalue weighted by atomic mass is 9.45. The third kappa shape index (κ3) is 2.42. The van der Waals surface area contributed by atoms with Crippen molar-refractivity contribution in [1.29, 1.82) is 0 Å². The van der Waals surface area contributed by atoms with Gasteiger partial charge in [-0.3, -0.25) is 4.79 Å². The van der Waals surface area contributed by atoms with Crippen LogP contribution in [0.3, 0.4) is 0 Å². The first-order valence-corrected chi connectivity index (χ1v) is 11.9. The van der Waals surface area contributed by atoms with Gasteiger partial charge in [0.2, 0.25) is 0 Å². The van der Waals surface area contributed by atoms with Gasteiger partial charge in [0.1, 0.15) is 5.78 Å². The van der Waals surface area contributed by atoms with E-state index in [2.05, 4.69) is 49.0 Å². The number of fused-ring (bicyclic) bond motifs is 6. The summed E-state index contributed by atoms with van der Waals surface area (Å²) >= 11 is 0. The first-order chi connectivity index (χ1) is 14.0. The summed E-state index contributed by atoms with van der Waals surface area (Å²) in [5.41, 5.74) is 3.24. The van der Waals surface area contributed by atoms with E-state index >= 15 is 0 Å². The predicted molar refractivity (Wildman–Crippen MR) is 116 cm³/mol. The van der Waals surface area contributed by atoms with Gasteiger partial charge in [-0.05, 0) is 91.6 Å². The summed E-state index contributed by atoms with van der Waals surface area (Å²) in [6.45, 7) is 5.15. The third-order valence-corrected chi connectivity index (χ3v) is 10.2. The Labute approximate surface area is 174 Å². The van der Waals surface area contributed by atoms with Crippen LogP contribution in [0.5, 0.6) is 0 Å². The molecule has 0 bridgehead atoms. The largest absolute Gasteiger partial charge is 0.327 e. The molecule has 0 radical (unpaired) electrons. The van der Waals surface area contributed by atoms with E-state index in [1.165, 1.54) is 44.0 Å². The molecule has 0 N–H and O–H groups in total. The summed E-state index contributed by atoms with van der Waals surface area (Å²) in [6, 6.07) is 9.22. The van der Waals surface area contributed by atoms with Crippen molar-refractivity contribution in [2.75, 3.05) is 0 Å². The molecule has 4 aliphatic rings. The number of Topliss-reactive ketones (excluding diaryl/α,β-unsaturated/α-hetero) is 1. The number of nitrogens with zero attached hydrogens (tertiary/aromatic N) is 2. The van der Waals surface area contributed by atoms with Gasteiger partial charge in [-0.25, -0.2) is 4.98 Å². The minimum atomic E-state index is 0.387. The van der Waals surface area contributed by atoms with E-state index in [4.69, 9.17) is 4.98 Å². The molecule has 1 aromatic heterocycles. The summed E-state index contributed by atoms with van der Waals surface area (Å²) < 4.78 is 2.52. The molecule has 1 aromatic carbocycles. The number of benzene rings is 1. The van der Waals surface area contributed by atoms with E-state index in [-0.39, 0.29) is 0 Å². The molecule has 29 heavy (non-hydrogen) atoms. The van der Waals surface area contributed by atoms with E-state index in [0.29, 0.717) is 28.6 Å². The van der Waals surface area contributed by atoms with Gasteiger partial charge in [-0.2, -0.15) is 0 Å². The van der Waals surface area contributed by atoms with Crippen LogP contribution in [0.4, 0.5) is 0 Å². The highest BCUT2D eigenvalue weighted by atomic mass is 16.1. The molecule has 0 spiro atoms. The van der Waals surface area contributed by atoms with Crippen LogP contribution in [0.15, 0.2) is 30.6 Å². The van der Waals surface area contributed by atoms with Gasteiger partial charge in [0.25, 0.3) is 0 Å². The Hall–Kier alpha value is -1.64. The smallest absolute Gasteiger partial charge is 0.133 e. The van der Waals surface area contributed by atoms with Crippen molar-refractivity contribution in [3.8, 4) is 0 Å². The number of para-hydroxylation sites is 2. The maximum absolute atomic E-state index is 12.1. The van der Waals surface area contributed by atoms with E-state index < -0.39 is 0 Å². The van der Waals surface area contributed by atoms with Crippen molar-refractivity contribution in [2.24, 2.45) is 34.5 Å². The van der Waals surface area contributed by atoms with Gasteiger partial charge in [0.05, 0.1) is 17.4 Å². The molecule has 0 amide bonds.